The first-order valence-corrected chi connectivity index (χ1v) is 13.7. The Kier molecular flexibility index (Phi) is 6.50. The molecule has 37 heavy (non-hydrogen) atoms. The van der Waals surface area contributed by atoms with Crippen molar-refractivity contribution in [3.8, 4) is 17.2 Å². The Morgan fingerprint density at radius 1 is 1.08 bits per heavy atom. The Balaban J connectivity index is 1.20. The molecule has 0 saturated heterocycles. The van der Waals surface area contributed by atoms with Gasteiger partial charge in [0, 0.05) is 23.5 Å². The number of hydrogen-bond donors (Lipinski definition) is 0. The second-order valence-corrected chi connectivity index (χ2v) is 11.0. The lowest BCUT2D eigenvalue weighted by molar-refractivity contribution is -0.135. The highest BCUT2D eigenvalue weighted by Crippen LogP contribution is 2.36. The number of nitrogens with zero attached hydrogens (tertiary/aromatic N) is 2. The molecule has 3 aliphatic rings. The van der Waals surface area contributed by atoms with Gasteiger partial charge in [0.15, 0.2) is 11.5 Å². The van der Waals surface area contributed by atoms with Gasteiger partial charge in [-0.1, -0.05) is 17.7 Å². The first-order chi connectivity index (χ1) is 18.0. The summed E-state index contributed by atoms with van der Waals surface area (Å²) < 4.78 is 17.0. The molecule has 2 aliphatic heterocycles. The lowest BCUT2D eigenvalue weighted by Gasteiger charge is -2.37. The molecule has 7 nitrogen and oxygen atoms in total. The van der Waals surface area contributed by atoms with Crippen molar-refractivity contribution in [3.63, 3.8) is 0 Å². The topological polar surface area (TPSA) is 68.3 Å². The average molecular weight is 519 g/mol. The fourth-order valence-corrected chi connectivity index (χ4v) is 5.91. The fourth-order valence-electron chi connectivity index (χ4n) is 4.98. The summed E-state index contributed by atoms with van der Waals surface area (Å²) >= 11 is 1.73. The van der Waals surface area contributed by atoms with Gasteiger partial charge in [0.1, 0.15) is 18.9 Å². The highest BCUT2D eigenvalue weighted by atomic mass is 32.1. The molecule has 0 bridgehead atoms. The minimum absolute atomic E-state index is 0.0459. The van der Waals surface area contributed by atoms with E-state index in [1.54, 1.807) is 34.4 Å². The number of hydrogen-bond acceptors (Lipinski definition) is 6. The molecular weight excluding hydrogens is 488 g/mol. The zero-order valence-corrected chi connectivity index (χ0v) is 21.7. The van der Waals surface area contributed by atoms with Crippen molar-refractivity contribution >= 4 is 23.2 Å². The molecule has 8 heteroatoms. The van der Waals surface area contributed by atoms with E-state index in [0.29, 0.717) is 42.7 Å². The van der Waals surface area contributed by atoms with Gasteiger partial charge in [-0.25, -0.2) is 0 Å². The molecule has 0 radical (unpaired) electrons. The van der Waals surface area contributed by atoms with E-state index in [1.165, 1.54) is 10.4 Å². The third-order valence-electron chi connectivity index (χ3n) is 7.25. The maximum atomic E-state index is 13.8. The lowest BCUT2D eigenvalue weighted by Crippen LogP contribution is -2.48. The minimum atomic E-state index is -0.188. The average Bonchev–Trinajstić information content (AvgIpc) is 3.38. The number of benzene rings is 2. The van der Waals surface area contributed by atoms with Crippen molar-refractivity contribution in [2.45, 2.75) is 32.2 Å². The lowest BCUT2D eigenvalue weighted by atomic mass is 10.00. The summed E-state index contributed by atoms with van der Waals surface area (Å²) in [4.78, 5) is 32.2. The number of ether oxygens (including phenoxy) is 3. The van der Waals surface area contributed by atoms with Gasteiger partial charge in [-0.2, -0.15) is 0 Å². The third-order valence-corrected chi connectivity index (χ3v) is 8.25. The second-order valence-electron chi connectivity index (χ2n) is 9.97. The normalized spacial score (nSPS) is 17.9. The number of amides is 2. The zero-order chi connectivity index (χ0) is 25.4. The monoisotopic (exact) mass is 518 g/mol. The van der Waals surface area contributed by atoms with Crippen molar-refractivity contribution < 1.29 is 23.8 Å². The van der Waals surface area contributed by atoms with E-state index < -0.39 is 0 Å². The van der Waals surface area contributed by atoms with Crippen LogP contribution in [0.1, 0.15) is 45.2 Å². The SMILES string of the molecule is Cc1ccc(OCC2c3ccsc3CCN2C(=O)CN(CC2CC2)C(=O)c2ccc3c(c2)OCO3)cc1. The number of fused-ring (bicyclic) bond motifs is 2. The molecule has 1 saturated carbocycles. The summed E-state index contributed by atoms with van der Waals surface area (Å²) in [5.74, 6) is 2.24. The molecule has 2 amide bonds. The van der Waals surface area contributed by atoms with Gasteiger partial charge in [-0.15, -0.1) is 11.3 Å². The van der Waals surface area contributed by atoms with E-state index in [4.69, 9.17) is 14.2 Å². The van der Waals surface area contributed by atoms with Crippen LogP contribution in [0.15, 0.2) is 53.9 Å². The standard InChI is InChI=1S/C29H30N2O5S/c1-19-2-7-22(8-3-19)34-17-24-23-11-13-37-27(23)10-12-31(24)28(32)16-30(15-20-4-5-20)29(33)21-6-9-25-26(14-21)36-18-35-25/h2-3,6-9,11,13-14,20,24H,4-5,10,12,15-18H2,1H3. The Morgan fingerprint density at radius 2 is 1.89 bits per heavy atom. The van der Waals surface area contributed by atoms with E-state index >= 15 is 0 Å². The van der Waals surface area contributed by atoms with Crippen LogP contribution in [-0.4, -0.2) is 54.6 Å². The molecule has 1 atom stereocenters. The summed E-state index contributed by atoms with van der Waals surface area (Å²) in [6.07, 6.45) is 3.00. The maximum absolute atomic E-state index is 13.8. The van der Waals surface area contributed by atoms with Crippen LogP contribution in [0.5, 0.6) is 17.2 Å². The Bertz CT molecular complexity index is 1300. The maximum Gasteiger partial charge on any atom is 0.254 e. The van der Waals surface area contributed by atoms with Crippen LogP contribution in [0.4, 0.5) is 0 Å². The van der Waals surface area contributed by atoms with Gasteiger partial charge in [0.05, 0.1) is 6.04 Å². The number of aryl methyl sites for hydroxylation is 1. The molecular formula is C29H30N2O5S. The first kappa shape index (κ1) is 23.9. The van der Waals surface area contributed by atoms with Crippen LogP contribution in [0.2, 0.25) is 0 Å². The molecule has 192 valence electrons. The summed E-state index contributed by atoms with van der Waals surface area (Å²) in [6.45, 7) is 3.82. The van der Waals surface area contributed by atoms with Crippen LogP contribution >= 0.6 is 11.3 Å². The first-order valence-electron chi connectivity index (χ1n) is 12.8. The van der Waals surface area contributed by atoms with Gasteiger partial charge in [0.25, 0.3) is 5.91 Å². The van der Waals surface area contributed by atoms with Gasteiger partial charge in [0.2, 0.25) is 12.7 Å². The van der Waals surface area contributed by atoms with Gasteiger partial charge >= 0.3 is 0 Å². The Hall–Kier alpha value is -3.52. The summed E-state index contributed by atoms with van der Waals surface area (Å²) in [6, 6.07) is 15.1. The molecule has 3 aromatic rings. The van der Waals surface area contributed by atoms with E-state index in [2.05, 4.69) is 11.4 Å². The molecule has 0 spiro atoms. The predicted octanol–water partition coefficient (Wildman–Crippen LogP) is 4.84. The summed E-state index contributed by atoms with van der Waals surface area (Å²) in [5, 5.41) is 2.08. The van der Waals surface area contributed by atoms with Gasteiger partial charge in [-0.05, 0) is 79.4 Å². The number of rotatable bonds is 8. The quantitative estimate of drug-likeness (QED) is 0.427. The highest BCUT2D eigenvalue weighted by Gasteiger charge is 2.35. The molecule has 0 N–H and O–H groups in total. The minimum Gasteiger partial charge on any atom is -0.491 e. The molecule has 2 aromatic carbocycles. The van der Waals surface area contributed by atoms with E-state index in [9.17, 15) is 9.59 Å². The van der Waals surface area contributed by atoms with Crippen LogP contribution in [0.25, 0.3) is 0 Å². The molecule has 1 aliphatic carbocycles. The van der Waals surface area contributed by atoms with Crippen molar-refractivity contribution in [2.24, 2.45) is 5.92 Å². The van der Waals surface area contributed by atoms with E-state index in [0.717, 1.165) is 30.6 Å². The fraction of sp³-hybridized carbons (Fsp3) is 0.379. The second kappa shape index (κ2) is 10.1. The molecule has 1 aromatic heterocycles. The van der Waals surface area contributed by atoms with E-state index in [-0.39, 0.29) is 31.2 Å². The number of carbonyl (C=O) groups excluding carboxylic acids is 2. The molecule has 1 fully saturated rings. The van der Waals surface area contributed by atoms with Gasteiger partial charge < -0.3 is 24.0 Å². The van der Waals surface area contributed by atoms with Gasteiger partial charge in [-0.3, -0.25) is 9.59 Å². The number of carbonyl (C=O) groups is 2. The van der Waals surface area contributed by atoms with E-state index in [1.807, 2.05) is 36.1 Å². The van der Waals surface area contributed by atoms with Crippen LogP contribution in [0, 0.1) is 12.8 Å². The van der Waals surface area contributed by atoms with Crippen molar-refractivity contribution in [2.75, 3.05) is 33.0 Å². The molecule has 1 unspecified atom stereocenters. The highest BCUT2D eigenvalue weighted by molar-refractivity contribution is 7.10. The smallest absolute Gasteiger partial charge is 0.254 e. The number of thiophene rings is 1. The third kappa shape index (κ3) is 5.16. The van der Waals surface area contributed by atoms with Crippen molar-refractivity contribution in [1.82, 2.24) is 9.80 Å². The Morgan fingerprint density at radius 3 is 2.70 bits per heavy atom. The van der Waals surface area contributed by atoms with Crippen LogP contribution < -0.4 is 14.2 Å². The zero-order valence-electron chi connectivity index (χ0n) is 20.9. The Labute approximate surface area is 220 Å². The van der Waals surface area contributed by atoms with Crippen molar-refractivity contribution in [1.29, 1.82) is 0 Å². The van der Waals surface area contributed by atoms with Crippen molar-refractivity contribution in [3.05, 3.63) is 75.5 Å². The summed E-state index contributed by atoms with van der Waals surface area (Å²) in [5.41, 5.74) is 2.83. The largest absolute Gasteiger partial charge is 0.491 e. The van der Waals surface area contributed by atoms with Crippen LogP contribution in [0.3, 0.4) is 0 Å². The van der Waals surface area contributed by atoms with Crippen LogP contribution in [-0.2, 0) is 11.2 Å². The molecule has 6 rings (SSSR count). The predicted molar refractivity (Wildman–Crippen MR) is 140 cm³/mol. The summed E-state index contributed by atoms with van der Waals surface area (Å²) in [7, 11) is 0. The molecule has 3 heterocycles.